The Morgan fingerprint density at radius 2 is 1.94 bits per heavy atom. The normalized spacial score (nSPS) is 24.8. The number of carbonyl (C=O) groups is 2. The van der Waals surface area contributed by atoms with Crippen LogP contribution in [0.1, 0.15) is 34.1 Å². The van der Waals surface area contributed by atoms with E-state index in [0.29, 0.717) is 13.1 Å². The molecule has 5 heteroatoms. The zero-order valence-corrected chi connectivity index (χ0v) is 10.9. The molecular formula is C12H21NO4. The van der Waals surface area contributed by atoms with E-state index < -0.39 is 11.6 Å². The van der Waals surface area contributed by atoms with Crippen molar-refractivity contribution in [3.05, 3.63) is 0 Å². The fourth-order valence-corrected chi connectivity index (χ4v) is 2.00. The van der Waals surface area contributed by atoms with Crippen LogP contribution in [0.2, 0.25) is 0 Å². The summed E-state index contributed by atoms with van der Waals surface area (Å²) in [5.74, 6) is -0.577. The fourth-order valence-electron chi connectivity index (χ4n) is 2.00. The summed E-state index contributed by atoms with van der Waals surface area (Å²) in [6.45, 7) is 8.48. The highest BCUT2D eigenvalue weighted by Gasteiger charge is 2.35. The largest absolute Gasteiger partial charge is 0.481 e. The number of carbonyl (C=O) groups excluding carboxylic acids is 1. The number of ether oxygens (including phenoxy) is 1. The molecule has 1 fully saturated rings. The van der Waals surface area contributed by atoms with Gasteiger partial charge in [-0.15, -0.1) is 0 Å². The van der Waals surface area contributed by atoms with Gasteiger partial charge in [0.1, 0.15) is 5.60 Å². The molecule has 1 aliphatic rings. The molecule has 0 saturated carbocycles. The fraction of sp³-hybridized carbons (Fsp3) is 0.833. The summed E-state index contributed by atoms with van der Waals surface area (Å²) in [7, 11) is 0. The quantitative estimate of drug-likeness (QED) is 0.805. The maximum Gasteiger partial charge on any atom is 0.410 e. The minimum absolute atomic E-state index is 0.0278. The molecule has 0 aromatic rings. The van der Waals surface area contributed by atoms with Crippen molar-refractivity contribution in [2.75, 3.05) is 13.1 Å². The number of rotatable bonds is 2. The third kappa shape index (κ3) is 4.24. The lowest BCUT2D eigenvalue weighted by molar-refractivity contribution is -0.138. The van der Waals surface area contributed by atoms with Crippen LogP contribution in [0.3, 0.4) is 0 Å². The molecule has 0 bridgehead atoms. The van der Waals surface area contributed by atoms with Gasteiger partial charge in [0.05, 0.1) is 6.42 Å². The average molecular weight is 243 g/mol. The van der Waals surface area contributed by atoms with Crippen LogP contribution in [-0.4, -0.2) is 40.8 Å². The maximum absolute atomic E-state index is 11.8. The van der Waals surface area contributed by atoms with E-state index in [0.717, 1.165) is 0 Å². The van der Waals surface area contributed by atoms with Crippen LogP contribution in [0.4, 0.5) is 4.79 Å². The molecule has 1 rings (SSSR count). The molecule has 0 aromatic heterocycles. The van der Waals surface area contributed by atoms with E-state index in [4.69, 9.17) is 9.84 Å². The van der Waals surface area contributed by atoms with Crippen molar-refractivity contribution in [2.24, 2.45) is 11.8 Å². The predicted octanol–water partition coefficient (Wildman–Crippen LogP) is 1.96. The Hall–Kier alpha value is -1.26. The van der Waals surface area contributed by atoms with Gasteiger partial charge in [0.25, 0.3) is 0 Å². The number of aliphatic carboxylic acids is 1. The highest BCUT2D eigenvalue weighted by Crippen LogP contribution is 2.27. The van der Waals surface area contributed by atoms with Crippen molar-refractivity contribution in [1.82, 2.24) is 4.90 Å². The number of carboxylic acid groups (broad SMARTS) is 1. The molecule has 0 aliphatic carbocycles. The Balaban J connectivity index is 2.53. The summed E-state index contributed by atoms with van der Waals surface area (Å²) in [5, 5.41) is 8.77. The van der Waals surface area contributed by atoms with Crippen LogP contribution in [0.15, 0.2) is 0 Å². The minimum Gasteiger partial charge on any atom is -0.481 e. The van der Waals surface area contributed by atoms with E-state index in [1.807, 2.05) is 27.7 Å². The summed E-state index contributed by atoms with van der Waals surface area (Å²) in [6, 6.07) is 0. The maximum atomic E-state index is 11.8. The number of hydrogen-bond donors (Lipinski definition) is 1. The Labute approximate surface area is 102 Å². The molecule has 0 radical (unpaired) electrons. The van der Waals surface area contributed by atoms with Crippen LogP contribution in [0.25, 0.3) is 0 Å². The Morgan fingerprint density at radius 3 is 2.41 bits per heavy atom. The van der Waals surface area contributed by atoms with Gasteiger partial charge in [0, 0.05) is 13.1 Å². The molecule has 17 heavy (non-hydrogen) atoms. The molecule has 0 spiro atoms. The number of carboxylic acids is 1. The van der Waals surface area contributed by atoms with E-state index in [2.05, 4.69) is 0 Å². The molecule has 1 N–H and O–H groups in total. The van der Waals surface area contributed by atoms with Gasteiger partial charge >= 0.3 is 12.1 Å². The van der Waals surface area contributed by atoms with Gasteiger partial charge < -0.3 is 14.7 Å². The molecule has 98 valence electrons. The minimum atomic E-state index is -0.812. The zero-order chi connectivity index (χ0) is 13.2. The van der Waals surface area contributed by atoms with E-state index in [-0.39, 0.29) is 24.3 Å². The predicted molar refractivity (Wildman–Crippen MR) is 62.7 cm³/mol. The van der Waals surface area contributed by atoms with Crippen molar-refractivity contribution >= 4 is 12.1 Å². The van der Waals surface area contributed by atoms with Crippen molar-refractivity contribution in [3.63, 3.8) is 0 Å². The summed E-state index contributed by atoms with van der Waals surface area (Å²) in [4.78, 5) is 24.1. The third-order valence-electron chi connectivity index (χ3n) is 2.86. The van der Waals surface area contributed by atoms with Crippen LogP contribution >= 0.6 is 0 Å². The first-order chi connectivity index (χ1) is 7.69. The first-order valence-electron chi connectivity index (χ1n) is 5.89. The zero-order valence-electron chi connectivity index (χ0n) is 10.9. The second kappa shape index (κ2) is 4.94. The number of nitrogens with zero attached hydrogens (tertiary/aromatic N) is 1. The molecule has 1 saturated heterocycles. The third-order valence-corrected chi connectivity index (χ3v) is 2.86. The standard InChI is InChI=1S/C12H21NO4/c1-8-6-13(7-9(8)5-10(14)15)11(16)17-12(2,3)4/h8-9H,5-7H2,1-4H3,(H,14,15)/t8-,9+/m0/s1. The SMILES string of the molecule is C[C@H]1CN(C(=O)OC(C)(C)C)C[C@H]1CC(=O)O. The summed E-state index contributed by atoms with van der Waals surface area (Å²) >= 11 is 0. The topological polar surface area (TPSA) is 66.8 Å². The first-order valence-corrected chi connectivity index (χ1v) is 5.89. The van der Waals surface area contributed by atoms with Crippen LogP contribution in [0.5, 0.6) is 0 Å². The van der Waals surface area contributed by atoms with Gasteiger partial charge in [-0.3, -0.25) is 4.79 Å². The average Bonchev–Trinajstić information content (AvgIpc) is 2.44. The van der Waals surface area contributed by atoms with Gasteiger partial charge in [-0.05, 0) is 32.6 Å². The molecule has 0 aromatic carbocycles. The summed E-state index contributed by atoms with van der Waals surface area (Å²) in [5.41, 5.74) is -0.509. The van der Waals surface area contributed by atoms with Gasteiger partial charge in [0.2, 0.25) is 0 Å². The molecule has 2 atom stereocenters. The van der Waals surface area contributed by atoms with Gasteiger partial charge in [-0.2, -0.15) is 0 Å². The Morgan fingerprint density at radius 1 is 1.35 bits per heavy atom. The van der Waals surface area contributed by atoms with E-state index in [1.165, 1.54) is 0 Å². The summed E-state index contributed by atoms with van der Waals surface area (Å²) < 4.78 is 5.26. The van der Waals surface area contributed by atoms with Crippen LogP contribution < -0.4 is 0 Å². The first kappa shape index (κ1) is 13.8. The molecule has 1 aliphatic heterocycles. The highest BCUT2D eigenvalue weighted by atomic mass is 16.6. The van der Waals surface area contributed by atoms with Crippen molar-refractivity contribution < 1.29 is 19.4 Å². The smallest absolute Gasteiger partial charge is 0.410 e. The van der Waals surface area contributed by atoms with Crippen LogP contribution in [0, 0.1) is 11.8 Å². The van der Waals surface area contributed by atoms with Gasteiger partial charge in [-0.1, -0.05) is 6.92 Å². The number of hydrogen-bond acceptors (Lipinski definition) is 3. The second-order valence-electron chi connectivity index (χ2n) is 5.72. The molecule has 0 unspecified atom stereocenters. The van der Waals surface area contributed by atoms with E-state index in [9.17, 15) is 9.59 Å². The van der Waals surface area contributed by atoms with Crippen molar-refractivity contribution in [1.29, 1.82) is 0 Å². The van der Waals surface area contributed by atoms with E-state index in [1.54, 1.807) is 4.90 Å². The monoisotopic (exact) mass is 243 g/mol. The van der Waals surface area contributed by atoms with Crippen LogP contribution in [-0.2, 0) is 9.53 Å². The molecule has 5 nitrogen and oxygen atoms in total. The van der Waals surface area contributed by atoms with E-state index >= 15 is 0 Å². The molecule has 1 heterocycles. The van der Waals surface area contributed by atoms with Crippen molar-refractivity contribution in [3.8, 4) is 0 Å². The second-order valence-corrected chi connectivity index (χ2v) is 5.72. The lowest BCUT2D eigenvalue weighted by Gasteiger charge is -2.24. The van der Waals surface area contributed by atoms with Gasteiger partial charge in [0.15, 0.2) is 0 Å². The molecule has 1 amide bonds. The van der Waals surface area contributed by atoms with Crippen molar-refractivity contribution in [2.45, 2.75) is 39.7 Å². The summed E-state index contributed by atoms with van der Waals surface area (Å²) in [6.07, 6.45) is -0.238. The highest BCUT2D eigenvalue weighted by molar-refractivity contribution is 5.70. The van der Waals surface area contributed by atoms with Gasteiger partial charge in [-0.25, -0.2) is 4.79 Å². The molecular weight excluding hydrogens is 222 g/mol. The number of amides is 1. The number of likely N-dealkylation sites (tertiary alicyclic amines) is 1. The lowest BCUT2D eigenvalue weighted by atomic mass is 9.95. The lowest BCUT2D eigenvalue weighted by Crippen LogP contribution is -2.35. The Kier molecular flexibility index (Phi) is 4.01. The Bertz CT molecular complexity index is 308.